The Morgan fingerprint density at radius 1 is 0.968 bits per heavy atom. The van der Waals surface area contributed by atoms with Gasteiger partial charge in [0.1, 0.15) is 0 Å². The normalized spacial score (nSPS) is 16.3. The molecule has 31 heavy (non-hydrogen) atoms. The van der Waals surface area contributed by atoms with Gasteiger partial charge in [-0.1, -0.05) is 61.8 Å². The third-order valence-electron chi connectivity index (χ3n) is 6.17. The Hall–Kier alpha value is -2.49. The molecule has 1 aliphatic heterocycles. The van der Waals surface area contributed by atoms with Crippen LogP contribution in [0.25, 0.3) is 0 Å². The Balaban J connectivity index is 1.75. The fourth-order valence-corrected chi connectivity index (χ4v) is 4.68. The highest BCUT2D eigenvalue weighted by Crippen LogP contribution is 2.42. The van der Waals surface area contributed by atoms with Crippen molar-refractivity contribution < 1.29 is 9.47 Å². The summed E-state index contributed by atoms with van der Waals surface area (Å²) < 4.78 is 11.2. The molecule has 4 heteroatoms. The van der Waals surface area contributed by atoms with Gasteiger partial charge in [0.15, 0.2) is 11.5 Å². The first-order chi connectivity index (χ1) is 15.0. The Morgan fingerprint density at radius 2 is 1.68 bits per heavy atom. The van der Waals surface area contributed by atoms with E-state index < -0.39 is 0 Å². The van der Waals surface area contributed by atoms with Gasteiger partial charge in [-0.2, -0.15) is 0 Å². The highest BCUT2D eigenvalue weighted by molar-refractivity contribution is 6.30. The van der Waals surface area contributed by atoms with Crippen molar-refractivity contribution in [2.75, 3.05) is 20.8 Å². The smallest absolute Gasteiger partial charge is 0.161 e. The molecule has 0 saturated carbocycles. The quantitative estimate of drug-likeness (QED) is 0.433. The summed E-state index contributed by atoms with van der Waals surface area (Å²) in [5.74, 6) is 2.08. The van der Waals surface area contributed by atoms with Crippen LogP contribution in [0.4, 0.5) is 0 Å². The van der Waals surface area contributed by atoms with Gasteiger partial charge in [-0.3, -0.25) is 4.90 Å². The van der Waals surface area contributed by atoms with Crippen molar-refractivity contribution in [3.63, 3.8) is 0 Å². The molecule has 0 N–H and O–H groups in total. The second kappa shape index (κ2) is 9.33. The molecule has 0 aromatic heterocycles. The first-order valence-corrected chi connectivity index (χ1v) is 11.2. The van der Waals surface area contributed by atoms with Crippen LogP contribution in [-0.2, 0) is 13.0 Å². The number of benzene rings is 3. The summed E-state index contributed by atoms with van der Waals surface area (Å²) in [6.45, 7) is 6.30. The molecule has 1 heterocycles. The summed E-state index contributed by atoms with van der Waals surface area (Å²) in [7, 11) is 3.38. The van der Waals surface area contributed by atoms with E-state index in [0.29, 0.717) is 5.92 Å². The van der Waals surface area contributed by atoms with Crippen LogP contribution >= 0.6 is 11.6 Å². The molecule has 0 amide bonds. The number of halogens is 1. The highest BCUT2D eigenvalue weighted by atomic mass is 35.5. The number of fused-ring (bicyclic) bond motifs is 1. The predicted molar refractivity (Wildman–Crippen MR) is 127 cm³/mol. The van der Waals surface area contributed by atoms with Crippen molar-refractivity contribution in [1.29, 1.82) is 0 Å². The van der Waals surface area contributed by atoms with Gasteiger partial charge in [0.25, 0.3) is 0 Å². The van der Waals surface area contributed by atoms with E-state index in [2.05, 4.69) is 67.3 Å². The van der Waals surface area contributed by atoms with Crippen molar-refractivity contribution >= 4 is 11.6 Å². The molecule has 0 saturated heterocycles. The van der Waals surface area contributed by atoms with Gasteiger partial charge in [-0.25, -0.2) is 0 Å². The molecule has 0 radical (unpaired) electrons. The van der Waals surface area contributed by atoms with Crippen molar-refractivity contribution in [1.82, 2.24) is 4.90 Å². The fraction of sp³-hybridized carbons (Fsp3) is 0.333. The molecule has 0 bridgehead atoms. The third-order valence-corrected chi connectivity index (χ3v) is 6.41. The van der Waals surface area contributed by atoms with Gasteiger partial charge in [0.05, 0.1) is 20.3 Å². The molecule has 1 aliphatic rings. The molecule has 3 aromatic rings. The van der Waals surface area contributed by atoms with Gasteiger partial charge >= 0.3 is 0 Å². The van der Waals surface area contributed by atoms with Crippen molar-refractivity contribution in [2.24, 2.45) is 0 Å². The number of rotatable bonds is 6. The van der Waals surface area contributed by atoms with E-state index in [-0.39, 0.29) is 6.04 Å². The number of nitrogens with zero attached hydrogens (tertiary/aromatic N) is 1. The second-order valence-electron chi connectivity index (χ2n) is 8.48. The number of hydrogen-bond donors (Lipinski definition) is 0. The minimum absolute atomic E-state index is 0.104. The summed E-state index contributed by atoms with van der Waals surface area (Å²) in [5, 5.41) is 0.756. The zero-order chi connectivity index (χ0) is 22.0. The average molecular weight is 436 g/mol. The van der Waals surface area contributed by atoms with Gasteiger partial charge in [-0.15, -0.1) is 0 Å². The summed E-state index contributed by atoms with van der Waals surface area (Å²) in [6, 6.07) is 21.6. The summed E-state index contributed by atoms with van der Waals surface area (Å²) in [5.41, 5.74) is 6.44. The maximum atomic E-state index is 6.39. The van der Waals surface area contributed by atoms with Crippen LogP contribution in [0.5, 0.6) is 11.5 Å². The first kappa shape index (κ1) is 21.7. The van der Waals surface area contributed by atoms with Crippen LogP contribution < -0.4 is 9.47 Å². The van der Waals surface area contributed by atoms with E-state index in [1.807, 2.05) is 12.1 Å². The van der Waals surface area contributed by atoms with E-state index in [1.54, 1.807) is 14.2 Å². The van der Waals surface area contributed by atoms with Crippen LogP contribution in [0, 0.1) is 0 Å². The lowest BCUT2D eigenvalue weighted by Gasteiger charge is -2.38. The Morgan fingerprint density at radius 3 is 2.32 bits per heavy atom. The van der Waals surface area contributed by atoms with Crippen LogP contribution in [0.2, 0.25) is 5.02 Å². The standard InChI is InChI=1S/C27H30ClNO2/c1-18(2)20-10-8-19(9-11-20)17-29-13-12-21-15-25(30-3)26(31-4)16-24(21)27(29)22-6-5-7-23(28)14-22/h5-11,14-16,18,27H,12-13,17H2,1-4H3. The third kappa shape index (κ3) is 4.58. The minimum Gasteiger partial charge on any atom is -0.493 e. The maximum absolute atomic E-state index is 6.39. The Labute approximate surface area is 190 Å². The zero-order valence-corrected chi connectivity index (χ0v) is 19.4. The first-order valence-electron chi connectivity index (χ1n) is 10.8. The van der Waals surface area contributed by atoms with Crippen LogP contribution in [0.15, 0.2) is 60.7 Å². The van der Waals surface area contributed by atoms with Crippen molar-refractivity contribution in [2.45, 2.75) is 38.8 Å². The monoisotopic (exact) mass is 435 g/mol. The SMILES string of the molecule is COc1cc2c(cc1OC)C(c1cccc(Cl)c1)N(Cc1ccc(C(C)C)cc1)CC2. The summed E-state index contributed by atoms with van der Waals surface area (Å²) in [4.78, 5) is 2.53. The van der Waals surface area contributed by atoms with Gasteiger partial charge in [-0.05, 0) is 64.4 Å². The van der Waals surface area contributed by atoms with Crippen LogP contribution in [0.1, 0.15) is 53.6 Å². The van der Waals surface area contributed by atoms with Crippen LogP contribution in [-0.4, -0.2) is 25.7 Å². The molecule has 0 spiro atoms. The average Bonchev–Trinajstić information content (AvgIpc) is 2.78. The largest absolute Gasteiger partial charge is 0.493 e. The molecule has 0 fully saturated rings. The van der Waals surface area contributed by atoms with Gasteiger partial charge < -0.3 is 9.47 Å². The Bertz CT molecular complexity index is 1050. The van der Waals surface area contributed by atoms with E-state index in [4.69, 9.17) is 21.1 Å². The fourth-order valence-electron chi connectivity index (χ4n) is 4.48. The minimum atomic E-state index is 0.104. The Kier molecular flexibility index (Phi) is 6.54. The molecular formula is C27H30ClNO2. The molecule has 0 aliphatic carbocycles. The summed E-state index contributed by atoms with van der Waals surface area (Å²) >= 11 is 6.39. The van der Waals surface area contributed by atoms with Crippen LogP contribution in [0.3, 0.4) is 0 Å². The summed E-state index contributed by atoms with van der Waals surface area (Å²) in [6.07, 6.45) is 0.969. The van der Waals surface area contributed by atoms with Crippen molar-refractivity contribution in [3.8, 4) is 11.5 Å². The van der Waals surface area contributed by atoms with E-state index in [1.165, 1.54) is 27.8 Å². The molecule has 3 nitrogen and oxygen atoms in total. The lowest BCUT2D eigenvalue weighted by atomic mass is 9.87. The van der Waals surface area contributed by atoms with Crippen molar-refractivity contribution in [3.05, 3.63) is 93.5 Å². The maximum Gasteiger partial charge on any atom is 0.161 e. The zero-order valence-electron chi connectivity index (χ0n) is 18.7. The van der Waals surface area contributed by atoms with Gasteiger partial charge in [0.2, 0.25) is 0 Å². The molecule has 4 rings (SSSR count). The van der Waals surface area contributed by atoms with E-state index in [0.717, 1.165) is 36.0 Å². The van der Waals surface area contributed by atoms with E-state index in [9.17, 15) is 0 Å². The lowest BCUT2D eigenvalue weighted by Crippen LogP contribution is -2.35. The number of hydrogen-bond acceptors (Lipinski definition) is 3. The second-order valence-corrected chi connectivity index (χ2v) is 8.92. The molecule has 1 unspecified atom stereocenters. The molecule has 162 valence electrons. The molecule has 3 aromatic carbocycles. The van der Waals surface area contributed by atoms with Gasteiger partial charge in [0, 0.05) is 18.1 Å². The highest BCUT2D eigenvalue weighted by Gasteiger charge is 2.30. The lowest BCUT2D eigenvalue weighted by molar-refractivity contribution is 0.203. The number of ether oxygens (including phenoxy) is 2. The van der Waals surface area contributed by atoms with E-state index >= 15 is 0 Å². The predicted octanol–water partition coefficient (Wildman–Crippen LogP) is 6.63. The molecular weight excluding hydrogens is 406 g/mol. The number of methoxy groups -OCH3 is 2. The topological polar surface area (TPSA) is 21.7 Å². The molecule has 1 atom stereocenters.